The number of halogens is 1. The van der Waals surface area contributed by atoms with E-state index in [1.807, 2.05) is 13.8 Å². The lowest BCUT2D eigenvalue weighted by Gasteiger charge is -2.66. The Bertz CT molecular complexity index is 783. The molecule has 4 rings (SSSR count). The largest absolute Gasteiger partial charge is 0.390 e. The van der Waals surface area contributed by atoms with Crippen LogP contribution in [0.15, 0.2) is 23.8 Å². The molecule has 3 fully saturated rings. The molecule has 0 radical (unpaired) electrons. The van der Waals surface area contributed by atoms with E-state index < -0.39 is 34.1 Å². The minimum atomic E-state index is -1.93. The van der Waals surface area contributed by atoms with Crippen molar-refractivity contribution in [2.75, 3.05) is 0 Å². The van der Waals surface area contributed by atoms with Gasteiger partial charge in [-0.3, -0.25) is 9.59 Å². The van der Waals surface area contributed by atoms with Gasteiger partial charge in [-0.05, 0) is 57.1 Å². The molecule has 3 saturated carbocycles. The second-order valence-corrected chi connectivity index (χ2v) is 9.83. The van der Waals surface area contributed by atoms with Gasteiger partial charge in [0.15, 0.2) is 17.2 Å². The standard InChI is InChI=1S/C22H29FO4/c1-12-9-16-14-5-6-17(25)21(4,27)20(14,3)11-18(26)22(16,23)19(2)8-7-13(24)10-15(12)19/h7-8,10,12,14,16,18,26-27H,5-6,9,11H2,1-4H3/t12-,14-,16-,18-,19-,20-,21?,22-/m0/s1. The molecule has 0 heterocycles. The van der Waals surface area contributed by atoms with Crippen LogP contribution in [-0.4, -0.2) is 39.2 Å². The zero-order valence-corrected chi connectivity index (χ0v) is 16.5. The maximum atomic E-state index is 16.9. The number of carbonyl (C=O) groups excluding carboxylic acids is 2. The molecule has 0 saturated heterocycles. The van der Waals surface area contributed by atoms with Crippen molar-refractivity contribution in [2.24, 2.45) is 28.6 Å². The van der Waals surface area contributed by atoms with Crippen molar-refractivity contribution in [1.82, 2.24) is 0 Å². The molecule has 2 N–H and O–H groups in total. The summed E-state index contributed by atoms with van der Waals surface area (Å²) < 4.78 is 16.9. The number of aliphatic hydroxyl groups excluding tert-OH is 1. The van der Waals surface area contributed by atoms with Crippen LogP contribution in [0, 0.1) is 28.6 Å². The van der Waals surface area contributed by atoms with Crippen LogP contribution in [0.4, 0.5) is 4.39 Å². The number of Topliss-reactive ketones (excluding diaryl/α,β-unsaturated/α-hetero) is 1. The molecule has 0 aromatic carbocycles. The van der Waals surface area contributed by atoms with Gasteiger partial charge in [0, 0.05) is 23.2 Å². The third-order valence-corrected chi connectivity index (χ3v) is 8.70. The molecule has 0 aromatic rings. The molecule has 0 amide bonds. The van der Waals surface area contributed by atoms with Gasteiger partial charge in [0.05, 0.1) is 6.10 Å². The Morgan fingerprint density at radius 3 is 2.52 bits per heavy atom. The topological polar surface area (TPSA) is 74.6 Å². The molecule has 4 aliphatic carbocycles. The summed E-state index contributed by atoms with van der Waals surface area (Å²) in [5.74, 6) is -1.06. The van der Waals surface area contributed by atoms with Gasteiger partial charge in [-0.25, -0.2) is 4.39 Å². The Labute approximate surface area is 159 Å². The zero-order valence-electron chi connectivity index (χ0n) is 16.5. The third-order valence-electron chi connectivity index (χ3n) is 8.70. The molecular weight excluding hydrogens is 347 g/mol. The van der Waals surface area contributed by atoms with Crippen molar-refractivity contribution in [3.8, 4) is 0 Å². The summed E-state index contributed by atoms with van der Waals surface area (Å²) in [7, 11) is 0. The molecule has 1 unspecified atom stereocenters. The zero-order chi connectivity index (χ0) is 20.0. The number of ketones is 2. The number of hydrogen-bond acceptors (Lipinski definition) is 4. The van der Waals surface area contributed by atoms with Crippen LogP contribution in [0.25, 0.3) is 0 Å². The van der Waals surface area contributed by atoms with Gasteiger partial charge in [0.25, 0.3) is 0 Å². The van der Waals surface area contributed by atoms with Crippen LogP contribution in [-0.2, 0) is 9.59 Å². The Morgan fingerprint density at radius 2 is 1.85 bits per heavy atom. The number of hydrogen-bond donors (Lipinski definition) is 2. The predicted molar refractivity (Wildman–Crippen MR) is 98.5 cm³/mol. The second kappa shape index (κ2) is 5.38. The summed E-state index contributed by atoms with van der Waals surface area (Å²) in [5.41, 5.74) is -4.68. The highest BCUT2D eigenvalue weighted by atomic mass is 19.1. The van der Waals surface area contributed by atoms with Gasteiger partial charge in [-0.2, -0.15) is 0 Å². The predicted octanol–water partition coefficient (Wildman–Crippen LogP) is 2.92. The van der Waals surface area contributed by atoms with E-state index in [1.165, 1.54) is 19.1 Å². The highest BCUT2D eigenvalue weighted by Gasteiger charge is 2.72. The van der Waals surface area contributed by atoms with Crippen molar-refractivity contribution in [1.29, 1.82) is 0 Å². The minimum Gasteiger partial charge on any atom is -0.390 e. The third kappa shape index (κ3) is 2.05. The fraction of sp³-hybridized carbons (Fsp3) is 0.727. The smallest absolute Gasteiger partial charge is 0.178 e. The molecule has 4 nitrogen and oxygen atoms in total. The molecule has 0 aromatic heterocycles. The van der Waals surface area contributed by atoms with Gasteiger partial charge in [0.2, 0.25) is 0 Å². The fourth-order valence-electron chi connectivity index (χ4n) is 6.89. The number of fused-ring (bicyclic) bond motifs is 5. The van der Waals surface area contributed by atoms with Crippen LogP contribution in [0.3, 0.4) is 0 Å². The van der Waals surface area contributed by atoms with Gasteiger partial charge in [-0.15, -0.1) is 0 Å². The molecule has 0 aliphatic heterocycles. The van der Waals surface area contributed by atoms with E-state index in [0.717, 1.165) is 5.57 Å². The SMILES string of the molecule is C[C@H]1C[C@H]2[C@@H]3CCC(=O)C(C)(O)[C@@]3(C)C[C@H](O)[C@]2(F)[C@@]2(C)C=CC(=O)C=C12. The van der Waals surface area contributed by atoms with E-state index in [9.17, 15) is 19.8 Å². The van der Waals surface area contributed by atoms with E-state index in [-0.39, 0.29) is 36.2 Å². The van der Waals surface area contributed by atoms with Gasteiger partial charge >= 0.3 is 0 Å². The summed E-state index contributed by atoms with van der Waals surface area (Å²) in [5, 5.41) is 22.1. The molecule has 27 heavy (non-hydrogen) atoms. The van der Waals surface area contributed by atoms with E-state index >= 15 is 4.39 Å². The maximum absolute atomic E-state index is 16.9. The lowest BCUT2D eigenvalue weighted by molar-refractivity contribution is -0.244. The average molecular weight is 376 g/mol. The summed E-state index contributed by atoms with van der Waals surface area (Å²) in [6, 6.07) is 0. The Hall–Kier alpha value is -1.33. The highest BCUT2D eigenvalue weighted by Crippen LogP contribution is 2.68. The Morgan fingerprint density at radius 1 is 1.19 bits per heavy atom. The van der Waals surface area contributed by atoms with Gasteiger partial charge < -0.3 is 10.2 Å². The van der Waals surface area contributed by atoms with Crippen LogP contribution in [0.1, 0.15) is 53.4 Å². The quantitative estimate of drug-likeness (QED) is 0.682. The lowest BCUT2D eigenvalue weighted by Crippen LogP contribution is -2.72. The van der Waals surface area contributed by atoms with Gasteiger partial charge in [0.1, 0.15) is 5.60 Å². The van der Waals surface area contributed by atoms with Gasteiger partial charge in [-0.1, -0.05) is 25.5 Å². The Balaban J connectivity index is 1.88. The number of allylic oxidation sites excluding steroid dienone is 4. The summed E-state index contributed by atoms with van der Waals surface area (Å²) >= 11 is 0. The second-order valence-electron chi connectivity index (χ2n) is 9.83. The van der Waals surface area contributed by atoms with E-state index in [0.29, 0.717) is 12.8 Å². The highest BCUT2D eigenvalue weighted by molar-refractivity contribution is 6.01. The van der Waals surface area contributed by atoms with Crippen LogP contribution in [0.5, 0.6) is 0 Å². The fourth-order valence-corrected chi connectivity index (χ4v) is 6.89. The molecular formula is C22H29FO4. The molecule has 4 aliphatic rings. The first-order chi connectivity index (χ1) is 12.4. The molecule has 148 valence electrons. The van der Waals surface area contributed by atoms with E-state index in [1.54, 1.807) is 13.0 Å². The number of rotatable bonds is 0. The Kier molecular flexibility index (Phi) is 3.79. The summed E-state index contributed by atoms with van der Waals surface area (Å²) in [6.45, 7) is 7.14. The van der Waals surface area contributed by atoms with Crippen molar-refractivity contribution in [2.45, 2.75) is 70.8 Å². The monoisotopic (exact) mass is 376 g/mol. The van der Waals surface area contributed by atoms with Crippen molar-refractivity contribution < 1.29 is 24.2 Å². The van der Waals surface area contributed by atoms with Crippen molar-refractivity contribution in [3.05, 3.63) is 23.8 Å². The van der Waals surface area contributed by atoms with Crippen molar-refractivity contribution in [3.63, 3.8) is 0 Å². The minimum absolute atomic E-state index is 0.00472. The average Bonchev–Trinajstić information content (AvgIpc) is 2.58. The first kappa shape index (κ1) is 19.0. The lowest BCUT2D eigenvalue weighted by atomic mass is 9.40. The first-order valence-electron chi connectivity index (χ1n) is 9.97. The van der Waals surface area contributed by atoms with E-state index in [4.69, 9.17) is 0 Å². The van der Waals surface area contributed by atoms with E-state index in [2.05, 4.69) is 0 Å². The van der Waals surface area contributed by atoms with Crippen LogP contribution >= 0.6 is 0 Å². The molecule has 5 heteroatoms. The maximum Gasteiger partial charge on any atom is 0.178 e. The van der Waals surface area contributed by atoms with Crippen LogP contribution < -0.4 is 0 Å². The molecule has 0 spiro atoms. The number of aliphatic hydroxyl groups is 2. The number of carbonyl (C=O) groups is 2. The first-order valence-corrected chi connectivity index (χ1v) is 9.97. The normalized spacial score (nSPS) is 54.7. The molecule has 8 atom stereocenters. The van der Waals surface area contributed by atoms with Crippen molar-refractivity contribution >= 4 is 11.6 Å². The summed E-state index contributed by atoms with van der Waals surface area (Å²) in [4.78, 5) is 24.4. The van der Waals surface area contributed by atoms with Crippen LogP contribution in [0.2, 0.25) is 0 Å². The summed E-state index contributed by atoms with van der Waals surface area (Å²) in [6.07, 6.45) is 4.54. The number of alkyl halides is 1. The molecule has 0 bridgehead atoms.